The van der Waals surface area contributed by atoms with Crippen molar-refractivity contribution in [3.05, 3.63) is 95.0 Å². The van der Waals surface area contributed by atoms with Gasteiger partial charge in [-0.25, -0.2) is 4.98 Å². The lowest BCUT2D eigenvalue weighted by molar-refractivity contribution is 1.07. The van der Waals surface area contributed by atoms with Crippen molar-refractivity contribution in [3.63, 3.8) is 0 Å². The fraction of sp³-hybridized carbons (Fsp3) is 0. The van der Waals surface area contributed by atoms with Gasteiger partial charge in [-0.15, -0.1) is 0 Å². The van der Waals surface area contributed by atoms with Gasteiger partial charge in [-0.1, -0.05) is 28.1 Å². The van der Waals surface area contributed by atoms with Gasteiger partial charge in [-0.05, 0) is 60.7 Å². The number of hydrogen-bond donors (Lipinski definition) is 2. The summed E-state index contributed by atoms with van der Waals surface area (Å²) in [5, 5.41) is 12.2. The number of nitrogens with zero attached hydrogens (tertiary/aromatic N) is 3. The predicted molar refractivity (Wildman–Crippen MR) is 119 cm³/mol. The Morgan fingerprint density at radius 3 is 2.55 bits per heavy atom. The highest BCUT2D eigenvalue weighted by atomic mass is 79.9. The van der Waals surface area contributed by atoms with E-state index in [0.717, 1.165) is 38.3 Å². The van der Waals surface area contributed by atoms with Crippen LogP contribution in [-0.2, 0) is 0 Å². The first-order valence-electron chi connectivity index (χ1n) is 9.12. The van der Waals surface area contributed by atoms with Crippen LogP contribution in [-0.4, -0.2) is 14.5 Å². The first-order chi connectivity index (χ1) is 14.2. The molecule has 0 bridgehead atoms. The molecule has 0 spiro atoms. The quantitative estimate of drug-likeness (QED) is 0.362. The first-order valence-corrected chi connectivity index (χ1v) is 9.91. The third-order valence-electron chi connectivity index (χ3n) is 4.74. The van der Waals surface area contributed by atoms with Crippen LogP contribution in [0.2, 0.25) is 0 Å². The monoisotopic (exact) mass is 441 g/mol. The highest BCUT2D eigenvalue weighted by Crippen LogP contribution is 2.30. The van der Waals surface area contributed by atoms with Crippen molar-refractivity contribution in [3.8, 4) is 17.1 Å². The number of fused-ring (bicyclic) bond motifs is 2. The number of nitrogens with one attached hydrogen (secondary N) is 2. The fourth-order valence-electron chi connectivity index (χ4n) is 3.42. The summed E-state index contributed by atoms with van der Waals surface area (Å²) < 4.78 is 3.17. The van der Waals surface area contributed by atoms with Crippen molar-refractivity contribution in [2.24, 2.45) is 0 Å². The van der Waals surface area contributed by atoms with Gasteiger partial charge >= 0.3 is 0 Å². The number of halogens is 1. The lowest BCUT2D eigenvalue weighted by Gasteiger charge is -2.20. The van der Waals surface area contributed by atoms with Crippen LogP contribution in [0.4, 0.5) is 11.4 Å². The summed E-state index contributed by atoms with van der Waals surface area (Å²) in [5.74, 6) is 0. The van der Waals surface area contributed by atoms with E-state index in [1.54, 1.807) is 12.4 Å². The van der Waals surface area contributed by atoms with Gasteiger partial charge in [-0.3, -0.25) is 10.4 Å². The molecule has 6 heteroatoms. The largest absolute Gasteiger partial charge is 0.352 e. The van der Waals surface area contributed by atoms with E-state index in [1.165, 1.54) is 0 Å². The van der Waals surface area contributed by atoms with Gasteiger partial charge in [0.15, 0.2) is 0 Å². The lowest BCUT2D eigenvalue weighted by Crippen LogP contribution is -2.13. The highest BCUT2D eigenvalue weighted by Gasteiger charge is 2.16. The van der Waals surface area contributed by atoms with Crippen molar-refractivity contribution >= 4 is 38.3 Å². The zero-order valence-corrected chi connectivity index (χ0v) is 16.9. The van der Waals surface area contributed by atoms with Crippen molar-refractivity contribution in [1.82, 2.24) is 14.5 Å². The van der Waals surface area contributed by atoms with Gasteiger partial charge in [-0.2, -0.15) is 0 Å². The van der Waals surface area contributed by atoms with Gasteiger partial charge in [0.05, 0.1) is 45.4 Å². The molecular formula is C23H16BrN5. The Hall–Kier alpha value is -3.51. The second kappa shape index (κ2) is 7.14. The minimum atomic E-state index is 0.393. The number of pyridine rings is 1. The van der Waals surface area contributed by atoms with Gasteiger partial charge in [0.2, 0.25) is 0 Å². The molecule has 2 aromatic carbocycles. The molecule has 2 aliphatic rings. The van der Waals surface area contributed by atoms with E-state index in [-0.39, 0.29) is 0 Å². The summed E-state index contributed by atoms with van der Waals surface area (Å²) in [6.45, 7) is 0. The molecular weight excluding hydrogens is 426 g/mol. The predicted octanol–water partition coefficient (Wildman–Crippen LogP) is 5.51. The molecule has 29 heavy (non-hydrogen) atoms. The Labute approximate surface area is 175 Å². The van der Waals surface area contributed by atoms with E-state index in [9.17, 15) is 0 Å². The number of anilines is 2. The SMILES string of the molecule is N=c1cc2n(-c3ccc(Br)cc3)c3ccccc3nc-2cc1Nc1cccnc1. The third kappa shape index (κ3) is 3.28. The minimum absolute atomic E-state index is 0.393. The molecule has 0 saturated carbocycles. The summed E-state index contributed by atoms with van der Waals surface area (Å²) in [6, 6.07) is 23.8. The molecule has 1 aliphatic heterocycles. The van der Waals surface area contributed by atoms with Crippen molar-refractivity contribution in [1.29, 1.82) is 5.41 Å². The Bertz CT molecular complexity index is 1340. The molecule has 2 heterocycles. The van der Waals surface area contributed by atoms with Crippen molar-refractivity contribution < 1.29 is 0 Å². The molecule has 0 amide bonds. The van der Waals surface area contributed by atoms with Crippen LogP contribution < -0.4 is 10.7 Å². The standard InChI is InChI=1S/C23H16BrN5/c24-15-7-9-17(10-8-15)29-22-6-2-1-5-19(22)28-21-13-20(18(25)12-23(21)29)27-16-4-3-11-26-14-16/h1-14,25,27H. The summed E-state index contributed by atoms with van der Waals surface area (Å²) in [7, 11) is 0. The molecule has 0 atom stereocenters. The molecule has 5 rings (SSSR count). The average Bonchev–Trinajstić information content (AvgIpc) is 2.74. The van der Waals surface area contributed by atoms with Crippen LogP contribution in [0.5, 0.6) is 0 Å². The molecule has 1 aromatic heterocycles. The molecule has 0 fully saturated rings. The lowest BCUT2D eigenvalue weighted by atomic mass is 10.1. The molecule has 0 radical (unpaired) electrons. The zero-order valence-electron chi connectivity index (χ0n) is 15.3. The van der Waals surface area contributed by atoms with Gasteiger partial charge in [0.25, 0.3) is 0 Å². The molecule has 3 aromatic rings. The molecule has 140 valence electrons. The van der Waals surface area contributed by atoms with Gasteiger partial charge in [0.1, 0.15) is 0 Å². The van der Waals surface area contributed by atoms with Crippen LogP contribution >= 0.6 is 15.9 Å². The summed E-state index contributed by atoms with van der Waals surface area (Å²) in [5.41, 5.74) is 6.13. The number of benzene rings is 3. The van der Waals surface area contributed by atoms with Crippen LogP contribution in [0.25, 0.3) is 28.1 Å². The van der Waals surface area contributed by atoms with Gasteiger partial charge in [0, 0.05) is 16.4 Å². The molecule has 2 N–H and O–H groups in total. The Morgan fingerprint density at radius 1 is 0.931 bits per heavy atom. The zero-order chi connectivity index (χ0) is 19.8. The van der Waals surface area contributed by atoms with E-state index in [1.807, 2.05) is 54.6 Å². The summed E-state index contributed by atoms with van der Waals surface area (Å²) in [4.78, 5) is 8.98. The molecule has 1 aliphatic carbocycles. The van der Waals surface area contributed by atoms with E-state index >= 15 is 0 Å². The third-order valence-corrected chi connectivity index (χ3v) is 5.27. The van der Waals surface area contributed by atoms with Crippen molar-refractivity contribution in [2.45, 2.75) is 0 Å². The number of hydrogen-bond acceptors (Lipinski definition) is 4. The number of para-hydroxylation sites is 2. The fourth-order valence-corrected chi connectivity index (χ4v) is 3.68. The second-order valence-electron chi connectivity index (χ2n) is 6.67. The average molecular weight is 442 g/mol. The van der Waals surface area contributed by atoms with E-state index in [4.69, 9.17) is 10.4 Å². The molecule has 0 unspecified atom stereocenters. The van der Waals surface area contributed by atoms with E-state index in [0.29, 0.717) is 11.0 Å². The highest BCUT2D eigenvalue weighted by molar-refractivity contribution is 9.10. The van der Waals surface area contributed by atoms with Crippen LogP contribution in [0.1, 0.15) is 0 Å². The maximum Gasteiger partial charge on any atom is 0.0900 e. The van der Waals surface area contributed by atoms with Crippen LogP contribution in [0.15, 0.2) is 89.7 Å². The maximum absolute atomic E-state index is 8.57. The molecule has 5 nitrogen and oxygen atoms in total. The number of aromatic nitrogens is 3. The normalized spacial score (nSPS) is 11.1. The Balaban J connectivity index is 1.77. The topological polar surface area (TPSA) is 66.6 Å². The summed E-state index contributed by atoms with van der Waals surface area (Å²) in [6.07, 6.45) is 3.46. The Kier molecular flexibility index (Phi) is 4.33. The van der Waals surface area contributed by atoms with Crippen molar-refractivity contribution in [2.75, 3.05) is 5.32 Å². The van der Waals surface area contributed by atoms with Crippen LogP contribution in [0, 0.1) is 5.41 Å². The van der Waals surface area contributed by atoms with E-state index in [2.05, 4.69) is 49.0 Å². The number of rotatable bonds is 3. The van der Waals surface area contributed by atoms with Crippen LogP contribution in [0.3, 0.4) is 0 Å². The minimum Gasteiger partial charge on any atom is -0.352 e. The second-order valence-corrected chi connectivity index (χ2v) is 7.58. The first kappa shape index (κ1) is 17.6. The molecule has 0 saturated heterocycles. The Morgan fingerprint density at radius 2 is 1.76 bits per heavy atom. The maximum atomic E-state index is 8.57. The summed E-state index contributed by atoms with van der Waals surface area (Å²) >= 11 is 3.51. The van der Waals surface area contributed by atoms with E-state index < -0.39 is 0 Å². The smallest absolute Gasteiger partial charge is 0.0900 e. The van der Waals surface area contributed by atoms with Gasteiger partial charge < -0.3 is 9.88 Å².